The quantitative estimate of drug-likeness (QED) is 0.125. The highest BCUT2D eigenvalue weighted by molar-refractivity contribution is 6.74. The van der Waals surface area contributed by atoms with Crippen LogP contribution in [0.3, 0.4) is 0 Å². The summed E-state index contributed by atoms with van der Waals surface area (Å²) in [5, 5.41) is 20.1. The molecule has 3 atom stereocenters. The molecule has 0 saturated heterocycles. The largest absolute Gasteiger partial charge is 0.491 e. The van der Waals surface area contributed by atoms with E-state index in [0.29, 0.717) is 13.0 Å². The molecule has 0 radical (unpaired) electrons. The van der Waals surface area contributed by atoms with E-state index < -0.39 is 14.3 Å². The lowest BCUT2D eigenvalue weighted by Crippen LogP contribution is -2.45. The van der Waals surface area contributed by atoms with Gasteiger partial charge in [0.15, 0.2) is 8.32 Å². The molecule has 0 aromatic heterocycles. The minimum Gasteiger partial charge on any atom is -0.491 e. The van der Waals surface area contributed by atoms with Crippen LogP contribution in [0.15, 0.2) is 59.9 Å². The fraction of sp³-hybridized carbons (Fsp3) is 0.625. The van der Waals surface area contributed by atoms with Crippen LogP contribution < -0.4 is 4.74 Å². The lowest BCUT2D eigenvalue weighted by atomic mass is 9.70. The Morgan fingerprint density at radius 1 is 1.21 bits per heavy atom. The van der Waals surface area contributed by atoms with Crippen molar-refractivity contribution in [3.05, 3.63) is 59.9 Å². The zero-order chi connectivity index (χ0) is 28.2. The van der Waals surface area contributed by atoms with E-state index in [1.165, 1.54) is 5.57 Å². The van der Waals surface area contributed by atoms with E-state index >= 15 is 0 Å². The van der Waals surface area contributed by atoms with E-state index in [-0.39, 0.29) is 29.1 Å². The number of hydrogen-bond donors (Lipinski definition) is 2. The second-order valence-electron chi connectivity index (χ2n) is 12.1. The number of carboxylic acid groups (broad SMARTS) is 1. The number of unbranched alkanes of at least 4 members (excludes halogenated alkanes) is 1. The first-order valence-electron chi connectivity index (χ1n) is 14.3. The summed E-state index contributed by atoms with van der Waals surface area (Å²) >= 11 is 0. The number of aliphatic hydroxyl groups excluding tert-OH is 1. The Morgan fingerprint density at radius 3 is 2.55 bits per heavy atom. The van der Waals surface area contributed by atoms with Gasteiger partial charge in [-0.15, -0.1) is 5.73 Å². The van der Waals surface area contributed by atoms with Crippen molar-refractivity contribution in [1.82, 2.24) is 0 Å². The Balaban J connectivity index is 2.18. The number of rotatable bonds is 16. The van der Waals surface area contributed by atoms with Gasteiger partial charge < -0.3 is 19.4 Å². The van der Waals surface area contributed by atoms with E-state index in [4.69, 9.17) is 14.3 Å². The minimum atomic E-state index is -2.00. The SMILES string of the molecule is CCCC[C@@]1(CCC=C=CCC(=O)O)C(CCC(COc2ccccc2)O[Si](C)(C)C(C)(C)C)=CCC1O. The van der Waals surface area contributed by atoms with Gasteiger partial charge in [0.1, 0.15) is 12.4 Å². The van der Waals surface area contributed by atoms with Gasteiger partial charge in [0, 0.05) is 5.41 Å². The number of carboxylic acids is 1. The predicted octanol–water partition coefficient (Wildman–Crippen LogP) is 8.07. The van der Waals surface area contributed by atoms with Crippen molar-refractivity contribution in [3.8, 4) is 5.75 Å². The van der Waals surface area contributed by atoms with Gasteiger partial charge in [-0.2, -0.15) is 0 Å². The maximum absolute atomic E-state index is 11.2. The van der Waals surface area contributed by atoms with Crippen LogP contribution in [0.25, 0.3) is 0 Å². The summed E-state index contributed by atoms with van der Waals surface area (Å²) in [7, 11) is -2.00. The van der Waals surface area contributed by atoms with Crippen LogP contribution >= 0.6 is 0 Å². The fourth-order valence-electron chi connectivity index (χ4n) is 4.95. The molecule has 0 bridgehead atoms. The number of ether oxygens (including phenoxy) is 1. The number of aliphatic carboxylic acids is 1. The molecule has 2 unspecified atom stereocenters. The molecule has 0 spiro atoms. The number of benzene rings is 1. The first-order chi connectivity index (χ1) is 17.9. The maximum atomic E-state index is 11.2. The molecule has 0 heterocycles. The predicted molar refractivity (Wildman–Crippen MR) is 158 cm³/mol. The molecule has 38 heavy (non-hydrogen) atoms. The van der Waals surface area contributed by atoms with Crippen molar-refractivity contribution >= 4 is 14.3 Å². The Hall–Kier alpha value is -2.11. The number of para-hydroxylation sites is 1. The van der Waals surface area contributed by atoms with Gasteiger partial charge in [-0.3, -0.25) is 4.79 Å². The summed E-state index contributed by atoms with van der Waals surface area (Å²) in [5.41, 5.74) is 4.09. The van der Waals surface area contributed by atoms with Crippen LogP contribution in [-0.4, -0.2) is 43.3 Å². The van der Waals surface area contributed by atoms with Crippen molar-refractivity contribution in [3.63, 3.8) is 0 Å². The van der Waals surface area contributed by atoms with Gasteiger partial charge in [-0.25, -0.2) is 0 Å². The van der Waals surface area contributed by atoms with Crippen LogP contribution in [0.1, 0.15) is 85.5 Å². The van der Waals surface area contributed by atoms with Crippen molar-refractivity contribution in [1.29, 1.82) is 0 Å². The first kappa shape index (κ1) is 32.1. The average molecular weight is 543 g/mol. The first-order valence-corrected chi connectivity index (χ1v) is 17.2. The van der Waals surface area contributed by atoms with E-state index in [2.05, 4.69) is 52.6 Å². The topological polar surface area (TPSA) is 76.0 Å². The summed E-state index contributed by atoms with van der Waals surface area (Å²) in [6.45, 7) is 14.1. The second kappa shape index (κ2) is 14.9. The number of hydrogen-bond acceptors (Lipinski definition) is 4. The molecule has 2 N–H and O–H groups in total. The monoisotopic (exact) mass is 542 g/mol. The van der Waals surface area contributed by atoms with Crippen LogP contribution in [0, 0.1) is 5.41 Å². The maximum Gasteiger partial charge on any atom is 0.307 e. The summed E-state index contributed by atoms with van der Waals surface area (Å²) in [6.07, 6.45) is 12.4. The third kappa shape index (κ3) is 9.57. The summed E-state index contributed by atoms with van der Waals surface area (Å²) in [5.74, 6) is -0.000616. The van der Waals surface area contributed by atoms with E-state index in [1.807, 2.05) is 36.4 Å². The highest BCUT2D eigenvalue weighted by atomic mass is 28.4. The molecule has 212 valence electrons. The van der Waals surface area contributed by atoms with Crippen LogP contribution in [0.5, 0.6) is 5.75 Å². The molecule has 0 fully saturated rings. The van der Waals surface area contributed by atoms with Gasteiger partial charge in [0.2, 0.25) is 0 Å². The molecule has 1 aromatic rings. The van der Waals surface area contributed by atoms with Crippen molar-refractivity contribution in [2.24, 2.45) is 5.41 Å². The van der Waals surface area contributed by atoms with Gasteiger partial charge in [-0.05, 0) is 80.9 Å². The summed E-state index contributed by atoms with van der Waals surface area (Å²) in [6, 6.07) is 9.91. The standard InChI is InChI=1S/C32H50O5Si/c1-7-8-23-32(24-15-10-9-14-18-30(34)35)26(20-22-29(32)33)19-21-28(37-38(5,6)31(2,3)4)25-36-27-16-12-11-13-17-27/h10-14,16-17,20,28-29,33H,7-8,15,18-19,21-25H2,1-6H3,(H,34,35)/t9?,28?,29?,32-/m1/s1. The zero-order valence-electron chi connectivity index (χ0n) is 24.5. The smallest absolute Gasteiger partial charge is 0.307 e. The normalized spacial score (nSPS) is 20.4. The Bertz CT molecular complexity index is 956. The van der Waals surface area contributed by atoms with Gasteiger partial charge in [-0.1, -0.05) is 70.4 Å². The molecular weight excluding hydrogens is 492 g/mol. The summed E-state index contributed by atoms with van der Waals surface area (Å²) in [4.78, 5) is 10.7. The molecule has 0 aliphatic heterocycles. The Kier molecular flexibility index (Phi) is 12.6. The van der Waals surface area contributed by atoms with Gasteiger partial charge in [0.05, 0.1) is 18.6 Å². The van der Waals surface area contributed by atoms with Crippen molar-refractivity contribution in [2.45, 2.75) is 116 Å². The fourth-order valence-corrected chi connectivity index (χ4v) is 6.33. The Morgan fingerprint density at radius 2 is 1.92 bits per heavy atom. The second-order valence-corrected chi connectivity index (χ2v) is 16.9. The molecule has 0 amide bonds. The van der Waals surface area contributed by atoms with Crippen LogP contribution in [0.2, 0.25) is 18.1 Å². The molecule has 0 saturated carbocycles. The highest BCUT2D eigenvalue weighted by Gasteiger charge is 2.44. The van der Waals surface area contributed by atoms with E-state index in [0.717, 1.165) is 50.7 Å². The van der Waals surface area contributed by atoms with E-state index in [9.17, 15) is 9.90 Å². The number of aliphatic hydroxyl groups is 1. The van der Waals surface area contributed by atoms with Crippen molar-refractivity contribution in [2.75, 3.05) is 6.61 Å². The average Bonchev–Trinajstić information content (AvgIpc) is 3.16. The molecule has 1 aliphatic rings. The molecule has 1 aliphatic carbocycles. The van der Waals surface area contributed by atoms with Crippen LogP contribution in [-0.2, 0) is 9.22 Å². The zero-order valence-corrected chi connectivity index (χ0v) is 25.5. The molecule has 1 aromatic carbocycles. The lowest BCUT2D eigenvalue weighted by Gasteiger charge is -2.40. The molecular formula is C32H50O5Si. The highest BCUT2D eigenvalue weighted by Crippen LogP contribution is 2.49. The van der Waals surface area contributed by atoms with Crippen LogP contribution in [0.4, 0.5) is 0 Å². The van der Waals surface area contributed by atoms with E-state index in [1.54, 1.807) is 6.08 Å². The molecule has 6 heteroatoms. The molecule has 5 nitrogen and oxygen atoms in total. The third-order valence-corrected chi connectivity index (χ3v) is 12.8. The van der Waals surface area contributed by atoms with Crippen molar-refractivity contribution < 1.29 is 24.2 Å². The summed E-state index contributed by atoms with van der Waals surface area (Å²) < 4.78 is 13.0. The lowest BCUT2D eigenvalue weighted by molar-refractivity contribution is -0.136. The van der Waals surface area contributed by atoms with Gasteiger partial charge >= 0.3 is 5.97 Å². The third-order valence-electron chi connectivity index (χ3n) is 8.27. The Labute approximate surface area is 231 Å². The molecule has 2 rings (SSSR count). The minimum absolute atomic E-state index is 0.0219. The van der Waals surface area contributed by atoms with Gasteiger partial charge in [0.25, 0.3) is 0 Å². The number of carbonyl (C=O) groups is 1.